The van der Waals surface area contributed by atoms with Gasteiger partial charge in [0.15, 0.2) is 0 Å². The van der Waals surface area contributed by atoms with Crippen LogP contribution in [0.4, 0.5) is 0 Å². The molecule has 0 unspecified atom stereocenters. The van der Waals surface area contributed by atoms with Crippen LogP contribution in [0.2, 0.25) is 0 Å². The minimum atomic E-state index is -0.780. The monoisotopic (exact) mass is 322 g/mol. The van der Waals surface area contributed by atoms with Gasteiger partial charge >= 0.3 is 5.97 Å². The number of rotatable bonds is 3. The molecule has 1 aliphatic heterocycles. The number of carbonyl (C=O) groups excluding carboxylic acids is 3. The summed E-state index contributed by atoms with van der Waals surface area (Å²) in [6.07, 6.45) is 3.20. The maximum Gasteiger partial charge on any atom is 0.354 e. The van der Waals surface area contributed by atoms with Crippen LogP contribution in [0.15, 0.2) is 48.8 Å². The summed E-state index contributed by atoms with van der Waals surface area (Å²) in [6.45, 7) is -0.246. The van der Waals surface area contributed by atoms with Gasteiger partial charge < -0.3 is 4.84 Å². The van der Waals surface area contributed by atoms with Crippen molar-refractivity contribution in [3.8, 4) is 0 Å². The average molecular weight is 322 g/mol. The fourth-order valence-corrected chi connectivity index (χ4v) is 2.50. The maximum absolute atomic E-state index is 12.1. The van der Waals surface area contributed by atoms with Gasteiger partial charge in [-0.25, -0.2) is 4.79 Å². The Morgan fingerprint density at radius 1 is 1.00 bits per heavy atom. The van der Waals surface area contributed by atoms with Gasteiger partial charge in [-0.15, -0.1) is 0 Å². The standard InChI is InChI=1S/C16H10N4O4/c21-14(9-19-8-13-12(18-19)6-3-7-17-13)24-20-15(22)10-4-1-2-5-11(10)16(20)23/h1-8H,9H2. The van der Waals surface area contributed by atoms with Crippen molar-refractivity contribution in [2.24, 2.45) is 0 Å². The van der Waals surface area contributed by atoms with E-state index in [1.54, 1.807) is 36.7 Å². The topological polar surface area (TPSA) is 94.4 Å². The van der Waals surface area contributed by atoms with Crippen molar-refractivity contribution in [2.45, 2.75) is 6.54 Å². The van der Waals surface area contributed by atoms with E-state index in [0.717, 1.165) is 0 Å². The lowest BCUT2D eigenvalue weighted by Gasteiger charge is -2.12. The van der Waals surface area contributed by atoms with E-state index in [1.165, 1.54) is 16.8 Å². The van der Waals surface area contributed by atoms with Gasteiger partial charge in [-0.05, 0) is 24.3 Å². The Balaban J connectivity index is 1.51. The highest BCUT2D eigenvalue weighted by atomic mass is 16.7. The summed E-state index contributed by atoms with van der Waals surface area (Å²) < 4.78 is 1.35. The second kappa shape index (κ2) is 5.27. The predicted octanol–water partition coefficient (Wildman–Crippen LogP) is 1.19. The number of hydrogen-bond acceptors (Lipinski definition) is 6. The van der Waals surface area contributed by atoms with Gasteiger partial charge in [-0.3, -0.25) is 19.3 Å². The molecular weight excluding hydrogens is 312 g/mol. The van der Waals surface area contributed by atoms with Gasteiger partial charge in [-0.2, -0.15) is 5.10 Å². The minimum Gasteiger partial charge on any atom is -0.328 e. The highest BCUT2D eigenvalue weighted by Crippen LogP contribution is 2.22. The molecule has 0 N–H and O–H groups in total. The zero-order valence-electron chi connectivity index (χ0n) is 12.2. The Morgan fingerprint density at radius 3 is 2.38 bits per heavy atom. The number of aromatic nitrogens is 3. The predicted molar refractivity (Wildman–Crippen MR) is 80.6 cm³/mol. The summed E-state index contributed by atoms with van der Waals surface area (Å²) in [7, 11) is 0. The highest BCUT2D eigenvalue weighted by Gasteiger charge is 2.38. The van der Waals surface area contributed by atoms with E-state index >= 15 is 0 Å². The van der Waals surface area contributed by atoms with Gasteiger partial charge in [0.25, 0.3) is 11.8 Å². The molecule has 3 heterocycles. The molecule has 0 radical (unpaired) electrons. The number of hydroxylamine groups is 2. The summed E-state index contributed by atoms with van der Waals surface area (Å²) in [5, 5.41) is 4.65. The lowest BCUT2D eigenvalue weighted by Crippen LogP contribution is -2.34. The molecule has 4 rings (SSSR count). The van der Waals surface area contributed by atoms with E-state index in [1.807, 2.05) is 0 Å². The number of benzene rings is 1. The van der Waals surface area contributed by atoms with Gasteiger partial charge in [0.2, 0.25) is 0 Å². The second-order valence-electron chi connectivity index (χ2n) is 5.15. The van der Waals surface area contributed by atoms with Crippen molar-refractivity contribution in [2.75, 3.05) is 0 Å². The zero-order chi connectivity index (χ0) is 16.7. The molecular formula is C16H10N4O4. The molecule has 3 aromatic rings. The van der Waals surface area contributed by atoms with E-state index < -0.39 is 17.8 Å². The van der Waals surface area contributed by atoms with E-state index in [9.17, 15) is 14.4 Å². The molecule has 0 spiro atoms. The minimum absolute atomic E-state index is 0.212. The van der Waals surface area contributed by atoms with Gasteiger partial charge in [0.1, 0.15) is 17.6 Å². The Morgan fingerprint density at radius 2 is 1.71 bits per heavy atom. The first kappa shape index (κ1) is 14.1. The van der Waals surface area contributed by atoms with Gasteiger partial charge in [-0.1, -0.05) is 17.2 Å². The maximum atomic E-state index is 12.1. The van der Waals surface area contributed by atoms with E-state index in [2.05, 4.69) is 10.1 Å². The van der Waals surface area contributed by atoms with Crippen LogP contribution in [0, 0.1) is 0 Å². The first-order valence-electron chi connectivity index (χ1n) is 7.10. The molecule has 8 heteroatoms. The third-order valence-corrected chi connectivity index (χ3v) is 3.56. The molecule has 0 aliphatic carbocycles. The summed E-state index contributed by atoms with van der Waals surface area (Å²) >= 11 is 0. The molecule has 2 aromatic heterocycles. The number of amides is 2. The first-order chi connectivity index (χ1) is 11.6. The van der Waals surface area contributed by atoms with Crippen LogP contribution < -0.4 is 0 Å². The van der Waals surface area contributed by atoms with Crippen LogP contribution in [0.5, 0.6) is 0 Å². The van der Waals surface area contributed by atoms with E-state index in [0.29, 0.717) is 16.1 Å². The number of imide groups is 1. The molecule has 24 heavy (non-hydrogen) atoms. The SMILES string of the molecule is O=C(Cn1cc2ncccc2n1)ON1C(=O)c2ccccc2C1=O. The van der Waals surface area contributed by atoms with Gasteiger partial charge in [0.05, 0.1) is 17.3 Å². The fourth-order valence-electron chi connectivity index (χ4n) is 2.50. The third kappa shape index (κ3) is 2.21. The van der Waals surface area contributed by atoms with Crippen molar-refractivity contribution in [1.82, 2.24) is 19.8 Å². The van der Waals surface area contributed by atoms with Crippen molar-refractivity contribution in [3.05, 3.63) is 59.9 Å². The van der Waals surface area contributed by atoms with Crippen LogP contribution in [0.3, 0.4) is 0 Å². The molecule has 118 valence electrons. The molecule has 1 aromatic carbocycles. The number of nitrogens with zero attached hydrogens (tertiary/aromatic N) is 4. The third-order valence-electron chi connectivity index (χ3n) is 3.56. The first-order valence-corrected chi connectivity index (χ1v) is 7.10. The molecule has 0 saturated heterocycles. The quantitative estimate of drug-likeness (QED) is 0.672. The lowest BCUT2D eigenvalue weighted by atomic mass is 10.1. The summed E-state index contributed by atoms with van der Waals surface area (Å²) in [5.41, 5.74) is 1.69. The van der Waals surface area contributed by atoms with Crippen molar-refractivity contribution in [1.29, 1.82) is 0 Å². The summed E-state index contributed by atoms with van der Waals surface area (Å²) in [5.74, 6) is -2.09. The zero-order valence-corrected chi connectivity index (χ0v) is 12.2. The van der Waals surface area contributed by atoms with Crippen LogP contribution in [0.1, 0.15) is 20.7 Å². The van der Waals surface area contributed by atoms with E-state index in [4.69, 9.17) is 4.84 Å². The van der Waals surface area contributed by atoms with Crippen molar-refractivity contribution >= 4 is 28.8 Å². The molecule has 0 saturated carbocycles. The van der Waals surface area contributed by atoms with Crippen molar-refractivity contribution < 1.29 is 19.2 Å². The van der Waals surface area contributed by atoms with Gasteiger partial charge in [0, 0.05) is 6.20 Å². The molecule has 0 fully saturated rings. The molecule has 2 amide bonds. The molecule has 0 bridgehead atoms. The normalized spacial score (nSPS) is 13.4. The summed E-state index contributed by atoms with van der Waals surface area (Å²) in [4.78, 5) is 45.3. The Labute approximate surface area is 135 Å². The Hall–Kier alpha value is -3.55. The van der Waals surface area contributed by atoms with Crippen LogP contribution in [-0.2, 0) is 16.2 Å². The number of carbonyl (C=O) groups is 3. The smallest absolute Gasteiger partial charge is 0.328 e. The Kier molecular flexibility index (Phi) is 3.09. The van der Waals surface area contributed by atoms with Crippen LogP contribution in [-0.4, -0.2) is 37.6 Å². The lowest BCUT2D eigenvalue weighted by molar-refractivity contribution is -0.169. The van der Waals surface area contributed by atoms with Crippen LogP contribution in [0.25, 0.3) is 11.0 Å². The number of fused-ring (bicyclic) bond motifs is 2. The largest absolute Gasteiger partial charge is 0.354 e. The number of pyridine rings is 1. The molecule has 1 aliphatic rings. The average Bonchev–Trinajstić information content (AvgIpc) is 3.09. The number of hydrogen-bond donors (Lipinski definition) is 0. The van der Waals surface area contributed by atoms with Crippen molar-refractivity contribution in [3.63, 3.8) is 0 Å². The fraction of sp³-hybridized carbons (Fsp3) is 0.0625. The second-order valence-corrected chi connectivity index (χ2v) is 5.15. The summed E-state index contributed by atoms with van der Waals surface area (Å²) in [6, 6.07) is 9.78. The molecule has 8 nitrogen and oxygen atoms in total. The Bertz CT molecular complexity index is 926. The highest BCUT2D eigenvalue weighted by molar-refractivity contribution is 6.20. The molecule has 0 atom stereocenters. The van der Waals surface area contributed by atoms with Crippen LogP contribution >= 0.6 is 0 Å². The van der Waals surface area contributed by atoms with E-state index in [-0.39, 0.29) is 17.7 Å².